The van der Waals surface area contributed by atoms with E-state index in [2.05, 4.69) is 15.5 Å². The van der Waals surface area contributed by atoms with E-state index in [4.69, 9.17) is 9.47 Å². The van der Waals surface area contributed by atoms with Gasteiger partial charge in [0.1, 0.15) is 17.3 Å². The number of nitrogens with one attached hydrogen (secondary N) is 1. The summed E-state index contributed by atoms with van der Waals surface area (Å²) in [4.78, 5) is 12.7. The summed E-state index contributed by atoms with van der Waals surface area (Å²) in [5.41, 5.74) is 3.29. The smallest absolute Gasteiger partial charge is 0.253 e. The highest BCUT2D eigenvalue weighted by Gasteiger charge is 2.11. The molecule has 0 atom stereocenters. The number of rotatable bonds is 7. The molecule has 0 bridgehead atoms. The third-order valence-electron chi connectivity index (χ3n) is 4.84. The van der Waals surface area contributed by atoms with Gasteiger partial charge in [0.15, 0.2) is 5.65 Å². The summed E-state index contributed by atoms with van der Waals surface area (Å²) < 4.78 is 12.3. The number of aromatic nitrogens is 3. The van der Waals surface area contributed by atoms with E-state index in [1.54, 1.807) is 32.5 Å². The third kappa shape index (κ3) is 4.25. The predicted molar refractivity (Wildman–Crippen MR) is 113 cm³/mol. The van der Waals surface area contributed by atoms with Crippen LogP contribution in [-0.4, -0.2) is 34.7 Å². The first-order valence-electron chi connectivity index (χ1n) is 9.54. The minimum absolute atomic E-state index is 0.163. The molecular formula is C23H22N4O3. The van der Waals surface area contributed by atoms with Crippen LogP contribution in [0.3, 0.4) is 0 Å². The minimum Gasteiger partial charge on any atom is -0.497 e. The molecule has 7 heteroatoms. The van der Waals surface area contributed by atoms with Gasteiger partial charge >= 0.3 is 0 Å². The zero-order chi connectivity index (χ0) is 20.9. The number of hydrogen-bond acceptors (Lipinski definition) is 5. The second-order valence-corrected chi connectivity index (χ2v) is 6.82. The van der Waals surface area contributed by atoms with E-state index in [0.29, 0.717) is 24.2 Å². The number of carbonyl (C=O) groups excluding carboxylic acids is 1. The highest BCUT2D eigenvalue weighted by molar-refractivity contribution is 5.94. The molecule has 4 rings (SSSR count). The summed E-state index contributed by atoms with van der Waals surface area (Å²) in [6.45, 7) is 0.412. The minimum atomic E-state index is -0.163. The van der Waals surface area contributed by atoms with E-state index < -0.39 is 0 Å². The maximum absolute atomic E-state index is 12.7. The molecule has 0 spiro atoms. The topological polar surface area (TPSA) is 77.8 Å². The van der Waals surface area contributed by atoms with Crippen molar-refractivity contribution in [1.29, 1.82) is 0 Å². The number of benzene rings is 2. The molecule has 0 aliphatic heterocycles. The average molecular weight is 402 g/mol. The molecule has 0 unspecified atom stereocenters. The molecule has 4 aromatic rings. The molecule has 0 radical (unpaired) electrons. The van der Waals surface area contributed by atoms with Gasteiger partial charge in [-0.3, -0.25) is 9.20 Å². The van der Waals surface area contributed by atoms with Crippen LogP contribution in [0.25, 0.3) is 5.65 Å². The first-order chi connectivity index (χ1) is 14.7. The Kier molecular flexibility index (Phi) is 5.61. The molecule has 152 valence electrons. The summed E-state index contributed by atoms with van der Waals surface area (Å²) >= 11 is 0. The Morgan fingerprint density at radius 2 is 1.73 bits per heavy atom. The molecule has 2 aromatic heterocycles. The fourth-order valence-corrected chi connectivity index (χ4v) is 3.19. The molecule has 0 fully saturated rings. The SMILES string of the molecule is COc1ccc(Cc2nnc3ccc(C(=O)NCc4cccc(OC)c4)cn23)cc1. The van der Waals surface area contributed by atoms with Gasteiger partial charge in [-0.05, 0) is 47.5 Å². The molecule has 0 aliphatic rings. The van der Waals surface area contributed by atoms with Crippen molar-refractivity contribution in [2.45, 2.75) is 13.0 Å². The zero-order valence-electron chi connectivity index (χ0n) is 16.8. The van der Waals surface area contributed by atoms with Gasteiger partial charge in [-0.15, -0.1) is 10.2 Å². The van der Waals surface area contributed by atoms with Gasteiger partial charge in [0.05, 0.1) is 19.8 Å². The van der Waals surface area contributed by atoms with Gasteiger partial charge in [-0.2, -0.15) is 0 Å². The number of hydrogen-bond donors (Lipinski definition) is 1. The molecule has 30 heavy (non-hydrogen) atoms. The number of amides is 1. The number of methoxy groups -OCH3 is 2. The second kappa shape index (κ2) is 8.65. The monoisotopic (exact) mass is 402 g/mol. The van der Waals surface area contributed by atoms with Crippen LogP contribution >= 0.6 is 0 Å². The van der Waals surface area contributed by atoms with E-state index in [9.17, 15) is 4.79 Å². The normalized spacial score (nSPS) is 10.7. The number of carbonyl (C=O) groups is 1. The molecule has 1 amide bonds. The number of ether oxygens (including phenoxy) is 2. The van der Waals surface area contributed by atoms with E-state index in [0.717, 1.165) is 28.5 Å². The van der Waals surface area contributed by atoms with Crippen molar-refractivity contribution in [2.75, 3.05) is 14.2 Å². The average Bonchev–Trinajstić information content (AvgIpc) is 3.20. The molecular weight excluding hydrogens is 380 g/mol. The Hall–Kier alpha value is -3.87. The molecule has 1 N–H and O–H groups in total. The first-order valence-corrected chi connectivity index (χ1v) is 9.54. The maximum atomic E-state index is 12.7. The van der Waals surface area contributed by atoms with Gasteiger partial charge in [-0.1, -0.05) is 24.3 Å². The number of fused-ring (bicyclic) bond motifs is 1. The summed E-state index contributed by atoms with van der Waals surface area (Å²) in [6, 6.07) is 19.0. The summed E-state index contributed by atoms with van der Waals surface area (Å²) in [5, 5.41) is 11.4. The largest absolute Gasteiger partial charge is 0.497 e. The van der Waals surface area contributed by atoms with Gasteiger partial charge in [0, 0.05) is 19.2 Å². The molecule has 2 aromatic carbocycles. The fourth-order valence-electron chi connectivity index (χ4n) is 3.19. The fraction of sp³-hybridized carbons (Fsp3) is 0.174. The number of nitrogens with zero attached hydrogens (tertiary/aromatic N) is 3. The summed E-state index contributed by atoms with van der Waals surface area (Å²) in [6.07, 6.45) is 2.37. The predicted octanol–water partition coefficient (Wildman–Crippen LogP) is 3.27. The van der Waals surface area contributed by atoms with E-state index in [1.165, 1.54) is 0 Å². The van der Waals surface area contributed by atoms with Crippen molar-refractivity contribution in [3.8, 4) is 11.5 Å². The molecule has 7 nitrogen and oxygen atoms in total. The second-order valence-electron chi connectivity index (χ2n) is 6.82. The van der Waals surface area contributed by atoms with Crippen molar-refractivity contribution in [1.82, 2.24) is 19.9 Å². The molecule has 0 saturated heterocycles. The Bertz CT molecular complexity index is 1170. The van der Waals surface area contributed by atoms with E-state index in [-0.39, 0.29) is 5.91 Å². The van der Waals surface area contributed by atoms with E-state index >= 15 is 0 Å². The van der Waals surface area contributed by atoms with Crippen LogP contribution < -0.4 is 14.8 Å². The van der Waals surface area contributed by atoms with Crippen LogP contribution in [0.1, 0.15) is 27.3 Å². The van der Waals surface area contributed by atoms with Crippen molar-refractivity contribution in [3.05, 3.63) is 89.4 Å². The Morgan fingerprint density at radius 3 is 2.50 bits per heavy atom. The molecule has 0 saturated carbocycles. The Balaban J connectivity index is 1.50. The van der Waals surface area contributed by atoms with Crippen LogP contribution in [0.4, 0.5) is 0 Å². The highest BCUT2D eigenvalue weighted by atomic mass is 16.5. The standard InChI is InChI=1S/C23H22N4O3/c1-29-19-9-6-16(7-10-19)13-22-26-25-21-11-8-18(15-27(21)22)23(28)24-14-17-4-3-5-20(12-17)30-2/h3-12,15H,13-14H2,1-2H3,(H,24,28). The zero-order valence-corrected chi connectivity index (χ0v) is 16.8. The number of pyridine rings is 1. The van der Waals surface area contributed by atoms with Gasteiger partial charge < -0.3 is 14.8 Å². The van der Waals surface area contributed by atoms with Crippen LogP contribution in [0.5, 0.6) is 11.5 Å². The lowest BCUT2D eigenvalue weighted by Crippen LogP contribution is -2.23. The van der Waals surface area contributed by atoms with E-state index in [1.807, 2.05) is 52.9 Å². The first kappa shape index (κ1) is 19.4. The van der Waals surface area contributed by atoms with Crippen LogP contribution in [0, 0.1) is 0 Å². The summed E-state index contributed by atoms with van der Waals surface area (Å²) in [7, 11) is 3.26. The van der Waals surface area contributed by atoms with Crippen molar-refractivity contribution in [3.63, 3.8) is 0 Å². The molecule has 2 heterocycles. The maximum Gasteiger partial charge on any atom is 0.253 e. The molecule has 0 aliphatic carbocycles. The summed E-state index contributed by atoms with van der Waals surface area (Å²) in [5.74, 6) is 2.16. The Morgan fingerprint density at radius 1 is 0.933 bits per heavy atom. The third-order valence-corrected chi connectivity index (χ3v) is 4.84. The lowest BCUT2D eigenvalue weighted by Gasteiger charge is -2.08. The van der Waals surface area contributed by atoms with Gasteiger partial charge in [-0.25, -0.2) is 0 Å². The van der Waals surface area contributed by atoms with Gasteiger partial charge in [0.2, 0.25) is 0 Å². The Labute approximate surface area is 174 Å². The van der Waals surface area contributed by atoms with Gasteiger partial charge in [0.25, 0.3) is 5.91 Å². The van der Waals surface area contributed by atoms with Crippen LogP contribution in [0.15, 0.2) is 66.9 Å². The van der Waals surface area contributed by atoms with Crippen molar-refractivity contribution >= 4 is 11.6 Å². The van der Waals surface area contributed by atoms with Crippen LogP contribution in [-0.2, 0) is 13.0 Å². The van der Waals surface area contributed by atoms with Crippen molar-refractivity contribution < 1.29 is 14.3 Å². The lowest BCUT2D eigenvalue weighted by atomic mass is 10.1. The van der Waals surface area contributed by atoms with Crippen molar-refractivity contribution in [2.24, 2.45) is 0 Å². The lowest BCUT2D eigenvalue weighted by molar-refractivity contribution is 0.0950. The highest BCUT2D eigenvalue weighted by Crippen LogP contribution is 2.16. The van der Waals surface area contributed by atoms with Crippen LogP contribution in [0.2, 0.25) is 0 Å². The quantitative estimate of drug-likeness (QED) is 0.513.